The summed E-state index contributed by atoms with van der Waals surface area (Å²) < 4.78 is 9.06. The third kappa shape index (κ3) is 3.00. The van der Waals surface area contributed by atoms with Crippen LogP contribution in [0.15, 0.2) is 30.9 Å². The Kier molecular flexibility index (Phi) is 4.09. The van der Waals surface area contributed by atoms with E-state index in [1.807, 2.05) is 18.2 Å². The average molecular weight is 405 g/mol. The van der Waals surface area contributed by atoms with Crippen molar-refractivity contribution >= 4 is 28.8 Å². The van der Waals surface area contributed by atoms with Crippen molar-refractivity contribution < 1.29 is 9.53 Å². The van der Waals surface area contributed by atoms with Crippen LogP contribution in [0.4, 0.5) is 11.8 Å². The van der Waals surface area contributed by atoms with Gasteiger partial charge in [-0.1, -0.05) is 6.07 Å². The lowest BCUT2D eigenvalue weighted by Crippen LogP contribution is -2.16. The zero-order valence-electron chi connectivity index (χ0n) is 16.4. The van der Waals surface area contributed by atoms with Crippen LogP contribution in [0.2, 0.25) is 0 Å². The molecule has 0 atom stereocenters. The highest BCUT2D eigenvalue weighted by atomic mass is 16.5. The number of ether oxygens (including phenoxy) is 1. The van der Waals surface area contributed by atoms with Gasteiger partial charge in [0.1, 0.15) is 12.7 Å². The molecule has 1 aromatic carbocycles. The van der Waals surface area contributed by atoms with Gasteiger partial charge >= 0.3 is 0 Å². The number of carbonyl (C=O) groups excluding carboxylic acids is 1. The summed E-state index contributed by atoms with van der Waals surface area (Å²) in [5, 5.41) is 7.10. The molecule has 4 aromatic rings. The van der Waals surface area contributed by atoms with Crippen molar-refractivity contribution in [3.63, 3.8) is 0 Å². The molecule has 1 fully saturated rings. The van der Waals surface area contributed by atoms with Gasteiger partial charge in [-0.25, -0.2) is 9.97 Å². The minimum absolute atomic E-state index is 0.0260. The minimum atomic E-state index is -0.0966. The van der Waals surface area contributed by atoms with Crippen molar-refractivity contribution in [1.82, 2.24) is 34.3 Å². The predicted octanol–water partition coefficient (Wildman–Crippen LogP) is 1.55. The summed E-state index contributed by atoms with van der Waals surface area (Å²) in [7, 11) is 3.38. The van der Waals surface area contributed by atoms with E-state index < -0.39 is 0 Å². The van der Waals surface area contributed by atoms with Crippen LogP contribution in [0, 0.1) is 5.92 Å². The van der Waals surface area contributed by atoms with Crippen molar-refractivity contribution in [2.45, 2.75) is 12.8 Å². The quantitative estimate of drug-likeness (QED) is 0.510. The maximum absolute atomic E-state index is 12.1. The molecule has 1 aliphatic carbocycles. The lowest BCUT2D eigenvalue weighted by atomic mass is 10.1. The number of nitrogens with zero attached hydrogens (tertiary/aromatic N) is 7. The Labute approximate surface area is 170 Å². The van der Waals surface area contributed by atoms with E-state index >= 15 is 0 Å². The SMILES string of the molecule is COc1c(-c2ncn(C)n2)cccc1-n1cnc2c(N)nc(NC(=O)C3CC3)nc21. The van der Waals surface area contributed by atoms with Crippen molar-refractivity contribution in [2.75, 3.05) is 18.2 Å². The number of anilines is 2. The first-order chi connectivity index (χ1) is 14.5. The van der Waals surface area contributed by atoms with E-state index in [-0.39, 0.29) is 23.6 Å². The van der Waals surface area contributed by atoms with Crippen LogP contribution in [0.25, 0.3) is 28.2 Å². The molecule has 3 heterocycles. The highest BCUT2D eigenvalue weighted by Gasteiger charge is 2.30. The Balaban J connectivity index is 1.64. The number of aryl methyl sites for hydroxylation is 1. The van der Waals surface area contributed by atoms with Gasteiger partial charge in [0.25, 0.3) is 0 Å². The lowest BCUT2D eigenvalue weighted by Gasteiger charge is -2.13. The van der Waals surface area contributed by atoms with Crippen LogP contribution >= 0.6 is 0 Å². The summed E-state index contributed by atoms with van der Waals surface area (Å²) in [6.07, 6.45) is 4.98. The standard InChI is InChI=1S/C19H19N9O2/c1-27-8-22-16(26-27)11-4-3-5-12(14(11)30-2)28-9-21-13-15(20)23-19(24-17(13)28)25-18(29)10-6-7-10/h3-5,8-10H,6-7H2,1-2H3,(H3,20,23,24,25,29). The zero-order valence-corrected chi connectivity index (χ0v) is 16.4. The third-order valence-electron chi connectivity index (χ3n) is 4.90. The van der Waals surface area contributed by atoms with Crippen LogP contribution in [-0.4, -0.2) is 47.3 Å². The molecule has 1 saturated carbocycles. The van der Waals surface area contributed by atoms with E-state index in [1.54, 1.807) is 36.1 Å². The maximum Gasteiger partial charge on any atom is 0.233 e. The smallest absolute Gasteiger partial charge is 0.233 e. The maximum atomic E-state index is 12.1. The Morgan fingerprint density at radius 1 is 1.23 bits per heavy atom. The molecule has 0 aliphatic heterocycles. The number of hydrogen-bond donors (Lipinski definition) is 2. The first-order valence-corrected chi connectivity index (χ1v) is 9.40. The number of amides is 1. The fourth-order valence-electron chi connectivity index (χ4n) is 3.28. The van der Waals surface area contributed by atoms with Gasteiger partial charge in [-0.2, -0.15) is 15.1 Å². The second-order valence-electron chi connectivity index (χ2n) is 7.08. The summed E-state index contributed by atoms with van der Waals surface area (Å²) in [6.45, 7) is 0. The summed E-state index contributed by atoms with van der Waals surface area (Å²) in [5.41, 5.74) is 8.37. The normalized spacial score (nSPS) is 13.5. The molecule has 0 unspecified atom stereocenters. The average Bonchev–Trinajstić information content (AvgIpc) is 3.37. The van der Waals surface area contributed by atoms with E-state index in [9.17, 15) is 4.79 Å². The lowest BCUT2D eigenvalue weighted by molar-refractivity contribution is -0.117. The second-order valence-corrected chi connectivity index (χ2v) is 7.08. The summed E-state index contributed by atoms with van der Waals surface area (Å²) in [6, 6.07) is 5.62. The van der Waals surface area contributed by atoms with Gasteiger partial charge in [0.2, 0.25) is 11.9 Å². The number of benzene rings is 1. The Morgan fingerprint density at radius 3 is 2.77 bits per heavy atom. The first kappa shape index (κ1) is 18.0. The molecule has 1 aliphatic rings. The molecule has 11 heteroatoms. The van der Waals surface area contributed by atoms with Crippen molar-refractivity contribution in [3.05, 3.63) is 30.9 Å². The van der Waals surface area contributed by atoms with Crippen molar-refractivity contribution in [2.24, 2.45) is 13.0 Å². The number of carbonyl (C=O) groups is 1. The Hall–Kier alpha value is -4.02. The van der Waals surface area contributed by atoms with Gasteiger partial charge in [-0.3, -0.25) is 19.4 Å². The van der Waals surface area contributed by atoms with E-state index in [1.165, 1.54) is 0 Å². The van der Waals surface area contributed by atoms with Crippen molar-refractivity contribution in [1.29, 1.82) is 0 Å². The van der Waals surface area contributed by atoms with E-state index in [0.717, 1.165) is 18.4 Å². The molecule has 0 saturated heterocycles. The number of methoxy groups -OCH3 is 1. The largest absolute Gasteiger partial charge is 0.494 e. The van der Waals surface area contributed by atoms with Crippen LogP contribution in [-0.2, 0) is 11.8 Å². The molecule has 0 spiro atoms. The van der Waals surface area contributed by atoms with Gasteiger partial charge in [-0.05, 0) is 25.0 Å². The Morgan fingerprint density at radius 2 is 2.07 bits per heavy atom. The number of nitrogen functional groups attached to an aromatic ring is 1. The summed E-state index contributed by atoms with van der Waals surface area (Å²) >= 11 is 0. The van der Waals surface area contributed by atoms with Gasteiger partial charge in [-0.15, -0.1) is 0 Å². The third-order valence-corrected chi connectivity index (χ3v) is 4.90. The molecule has 11 nitrogen and oxygen atoms in total. The molecule has 3 N–H and O–H groups in total. The first-order valence-electron chi connectivity index (χ1n) is 9.40. The number of rotatable bonds is 5. The fourth-order valence-corrected chi connectivity index (χ4v) is 3.28. The molecule has 0 bridgehead atoms. The number of nitrogens with one attached hydrogen (secondary N) is 1. The minimum Gasteiger partial charge on any atom is -0.494 e. The second kappa shape index (κ2) is 6.79. The fraction of sp³-hybridized carbons (Fsp3) is 0.263. The van der Waals surface area contributed by atoms with Gasteiger partial charge in [0, 0.05) is 13.0 Å². The highest BCUT2D eigenvalue weighted by Crippen LogP contribution is 2.35. The number of hydrogen-bond acceptors (Lipinski definition) is 8. The number of nitrogens with two attached hydrogens (primary N) is 1. The van der Waals surface area contributed by atoms with E-state index in [0.29, 0.717) is 28.4 Å². The van der Waals surface area contributed by atoms with Gasteiger partial charge in [0.15, 0.2) is 28.6 Å². The highest BCUT2D eigenvalue weighted by molar-refractivity contribution is 5.94. The van der Waals surface area contributed by atoms with Gasteiger partial charge in [0.05, 0.1) is 18.4 Å². The van der Waals surface area contributed by atoms with Crippen LogP contribution in [0.3, 0.4) is 0 Å². The molecular weight excluding hydrogens is 386 g/mol. The number of aromatic nitrogens is 7. The summed E-state index contributed by atoms with van der Waals surface area (Å²) in [5.74, 6) is 1.36. The number of para-hydroxylation sites is 1. The van der Waals surface area contributed by atoms with Crippen molar-refractivity contribution in [3.8, 4) is 22.8 Å². The topological polar surface area (TPSA) is 139 Å². The predicted molar refractivity (Wildman–Crippen MR) is 109 cm³/mol. The number of imidazole rings is 1. The van der Waals surface area contributed by atoms with Crippen LogP contribution < -0.4 is 15.8 Å². The van der Waals surface area contributed by atoms with E-state index in [4.69, 9.17) is 10.5 Å². The zero-order chi connectivity index (χ0) is 20.8. The molecule has 30 heavy (non-hydrogen) atoms. The van der Waals surface area contributed by atoms with Crippen LogP contribution in [0.5, 0.6) is 5.75 Å². The monoisotopic (exact) mass is 405 g/mol. The molecule has 0 radical (unpaired) electrons. The number of fused-ring (bicyclic) bond motifs is 1. The summed E-state index contributed by atoms with van der Waals surface area (Å²) in [4.78, 5) is 29.5. The molecule has 3 aromatic heterocycles. The molecular formula is C19H19N9O2. The van der Waals surface area contributed by atoms with E-state index in [2.05, 4.69) is 30.4 Å². The Bertz CT molecular complexity index is 1270. The molecule has 152 valence electrons. The van der Waals surface area contributed by atoms with Crippen LogP contribution in [0.1, 0.15) is 12.8 Å². The molecule has 5 rings (SSSR count). The molecule has 1 amide bonds. The van der Waals surface area contributed by atoms with Gasteiger partial charge < -0.3 is 10.5 Å².